The molecule has 1 aromatic carbocycles. The van der Waals surface area contributed by atoms with Crippen molar-refractivity contribution in [2.75, 3.05) is 44.3 Å². The number of hydrogen-bond donors (Lipinski definition) is 0. The minimum atomic E-state index is -0.372. The molecule has 0 atom stereocenters. The number of carbonyl (C=O) groups is 1. The fourth-order valence-electron chi connectivity index (χ4n) is 4.07. The molecule has 5 rings (SSSR count). The van der Waals surface area contributed by atoms with Gasteiger partial charge >= 0.3 is 0 Å². The second kappa shape index (κ2) is 6.44. The van der Waals surface area contributed by atoms with Crippen molar-refractivity contribution in [1.29, 1.82) is 0 Å². The van der Waals surface area contributed by atoms with E-state index in [0.717, 1.165) is 61.9 Å². The molecule has 0 unspecified atom stereocenters. The number of rotatable bonds is 3. The summed E-state index contributed by atoms with van der Waals surface area (Å²) in [5.74, 6) is 2.77. The molecule has 0 N–H and O–H groups in total. The van der Waals surface area contributed by atoms with Crippen LogP contribution in [0.15, 0.2) is 42.6 Å². The highest BCUT2D eigenvalue weighted by Gasteiger charge is 2.53. The minimum absolute atomic E-state index is 0.250. The molecular weight excluding hydrogens is 342 g/mol. The molecule has 140 valence electrons. The number of ether oxygens (including phenoxy) is 2. The summed E-state index contributed by atoms with van der Waals surface area (Å²) in [6.07, 6.45) is 3.63. The first-order valence-electron chi connectivity index (χ1n) is 9.62. The number of fused-ring (bicyclic) bond motifs is 1. The van der Waals surface area contributed by atoms with Crippen LogP contribution in [0.25, 0.3) is 0 Å². The zero-order valence-corrected chi connectivity index (χ0v) is 15.3. The third-order valence-corrected chi connectivity index (χ3v) is 5.79. The molecule has 1 saturated carbocycles. The van der Waals surface area contributed by atoms with Gasteiger partial charge in [0.15, 0.2) is 11.5 Å². The molecule has 27 heavy (non-hydrogen) atoms. The zero-order chi connectivity index (χ0) is 18.3. The Morgan fingerprint density at radius 2 is 1.74 bits per heavy atom. The number of aromatic nitrogens is 1. The highest BCUT2D eigenvalue weighted by molar-refractivity contribution is 5.91. The van der Waals surface area contributed by atoms with Crippen LogP contribution < -0.4 is 14.4 Å². The molecule has 0 spiro atoms. The lowest BCUT2D eigenvalue weighted by atomic mass is 9.93. The fraction of sp³-hybridized carbons (Fsp3) is 0.429. The molecule has 1 aromatic heterocycles. The van der Waals surface area contributed by atoms with E-state index in [1.807, 2.05) is 47.5 Å². The number of piperazine rings is 1. The van der Waals surface area contributed by atoms with E-state index in [1.54, 1.807) is 0 Å². The molecule has 1 aliphatic carbocycles. The van der Waals surface area contributed by atoms with Crippen LogP contribution in [0.4, 0.5) is 5.82 Å². The quantitative estimate of drug-likeness (QED) is 0.835. The summed E-state index contributed by atoms with van der Waals surface area (Å²) in [6.45, 7) is 4.26. The van der Waals surface area contributed by atoms with Gasteiger partial charge in [0.2, 0.25) is 5.91 Å². The largest absolute Gasteiger partial charge is 0.486 e. The number of benzene rings is 1. The van der Waals surface area contributed by atoms with E-state index in [1.165, 1.54) is 0 Å². The van der Waals surface area contributed by atoms with Crippen molar-refractivity contribution in [2.24, 2.45) is 0 Å². The summed E-state index contributed by atoms with van der Waals surface area (Å²) in [5.41, 5.74) is 0.687. The van der Waals surface area contributed by atoms with Gasteiger partial charge in [-0.25, -0.2) is 4.98 Å². The monoisotopic (exact) mass is 365 g/mol. The SMILES string of the molecule is O=C(N1CCN(c2ccccn2)CC1)C1(c2ccc3c(c2)OCCO3)CC1. The number of pyridine rings is 1. The van der Waals surface area contributed by atoms with Gasteiger partial charge in [-0.05, 0) is 42.7 Å². The van der Waals surface area contributed by atoms with Crippen LogP contribution in [0.1, 0.15) is 18.4 Å². The lowest BCUT2D eigenvalue weighted by Gasteiger charge is -2.37. The first-order valence-corrected chi connectivity index (χ1v) is 9.62. The topological polar surface area (TPSA) is 54.9 Å². The Balaban J connectivity index is 1.30. The van der Waals surface area contributed by atoms with E-state index in [-0.39, 0.29) is 11.3 Å². The normalized spacial score (nSPS) is 20.3. The minimum Gasteiger partial charge on any atom is -0.486 e. The first-order chi connectivity index (χ1) is 13.3. The second-order valence-corrected chi connectivity index (χ2v) is 7.41. The van der Waals surface area contributed by atoms with Gasteiger partial charge in [0.05, 0.1) is 5.41 Å². The van der Waals surface area contributed by atoms with E-state index in [9.17, 15) is 4.79 Å². The summed E-state index contributed by atoms with van der Waals surface area (Å²) in [4.78, 5) is 22.0. The lowest BCUT2D eigenvalue weighted by Crippen LogP contribution is -2.51. The van der Waals surface area contributed by atoms with Gasteiger partial charge in [-0.3, -0.25) is 4.79 Å². The van der Waals surface area contributed by atoms with Crippen LogP contribution in [0.3, 0.4) is 0 Å². The Morgan fingerprint density at radius 1 is 0.963 bits per heavy atom. The molecule has 2 aromatic rings. The fourth-order valence-corrected chi connectivity index (χ4v) is 4.07. The van der Waals surface area contributed by atoms with Crippen molar-refractivity contribution in [3.8, 4) is 11.5 Å². The molecule has 0 bridgehead atoms. The van der Waals surface area contributed by atoms with Gasteiger partial charge in [-0.15, -0.1) is 0 Å². The van der Waals surface area contributed by atoms with E-state index in [2.05, 4.69) is 9.88 Å². The van der Waals surface area contributed by atoms with Crippen LogP contribution in [-0.2, 0) is 10.2 Å². The van der Waals surface area contributed by atoms with Crippen LogP contribution in [0, 0.1) is 0 Å². The second-order valence-electron chi connectivity index (χ2n) is 7.41. The van der Waals surface area contributed by atoms with Crippen LogP contribution in [0.5, 0.6) is 11.5 Å². The third-order valence-electron chi connectivity index (χ3n) is 5.79. The van der Waals surface area contributed by atoms with E-state index in [0.29, 0.717) is 13.2 Å². The standard InChI is InChI=1S/C21H23N3O3/c25-20(24-11-9-23(10-12-24)19-3-1-2-8-22-19)21(6-7-21)16-4-5-17-18(15-16)27-14-13-26-17/h1-5,8,15H,6-7,9-14H2. The molecule has 6 nitrogen and oxygen atoms in total. The predicted octanol–water partition coefficient (Wildman–Crippen LogP) is 2.23. The van der Waals surface area contributed by atoms with Crippen LogP contribution in [0.2, 0.25) is 0 Å². The molecule has 3 aliphatic rings. The van der Waals surface area contributed by atoms with Gasteiger partial charge in [0.25, 0.3) is 0 Å². The van der Waals surface area contributed by atoms with E-state index >= 15 is 0 Å². The molecular formula is C21H23N3O3. The summed E-state index contributed by atoms with van der Waals surface area (Å²) < 4.78 is 11.3. The Kier molecular flexibility index (Phi) is 3.92. The molecule has 0 radical (unpaired) electrons. The summed E-state index contributed by atoms with van der Waals surface area (Å²) >= 11 is 0. The summed E-state index contributed by atoms with van der Waals surface area (Å²) in [5, 5.41) is 0. The molecule has 2 fully saturated rings. The van der Waals surface area contributed by atoms with Crippen molar-refractivity contribution in [3.05, 3.63) is 48.2 Å². The van der Waals surface area contributed by atoms with Crippen molar-refractivity contribution in [1.82, 2.24) is 9.88 Å². The van der Waals surface area contributed by atoms with Crippen molar-refractivity contribution < 1.29 is 14.3 Å². The van der Waals surface area contributed by atoms with Gasteiger partial charge in [-0.1, -0.05) is 12.1 Å². The summed E-state index contributed by atoms with van der Waals surface area (Å²) in [6, 6.07) is 11.9. The highest BCUT2D eigenvalue weighted by atomic mass is 16.6. The summed E-state index contributed by atoms with van der Waals surface area (Å²) in [7, 11) is 0. The number of hydrogen-bond acceptors (Lipinski definition) is 5. The molecule has 6 heteroatoms. The van der Waals surface area contributed by atoms with Gasteiger partial charge in [0, 0.05) is 32.4 Å². The number of amides is 1. The highest BCUT2D eigenvalue weighted by Crippen LogP contribution is 2.51. The Morgan fingerprint density at radius 3 is 2.44 bits per heavy atom. The van der Waals surface area contributed by atoms with Crippen molar-refractivity contribution in [2.45, 2.75) is 18.3 Å². The smallest absolute Gasteiger partial charge is 0.233 e. The van der Waals surface area contributed by atoms with Crippen LogP contribution in [-0.4, -0.2) is 55.2 Å². The van der Waals surface area contributed by atoms with E-state index in [4.69, 9.17) is 9.47 Å². The predicted molar refractivity (Wildman–Crippen MR) is 101 cm³/mol. The first kappa shape index (κ1) is 16.4. The maximum absolute atomic E-state index is 13.3. The maximum atomic E-state index is 13.3. The van der Waals surface area contributed by atoms with Crippen LogP contribution >= 0.6 is 0 Å². The molecule has 1 saturated heterocycles. The average Bonchev–Trinajstić information content (AvgIpc) is 3.56. The molecule has 1 amide bonds. The molecule has 2 aliphatic heterocycles. The van der Waals surface area contributed by atoms with Gasteiger partial charge in [-0.2, -0.15) is 0 Å². The van der Waals surface area contributed by atoms with Crippen molar-refractivity contribution >= 4 is 11.7 Å². The molecule has 3 heterocycles. The van der Waals surface area contributed by atoms with Gasteiger partial charge in [0.1, 0.15) is 19.0 Å². The maximum Gasteiger partial charge on any atom is 0.233 e. The van der Waals surface area contributed by atoms with Gasteiger partial charge < -0.3 is 19.3 Å². The van der Waals surface area contributed by atoms with E-state index < -0.39 is 0 Å². The number of anilines is 1. The Bertz CT molecular complexity index is 843. The van der Waals surface area contributed by atoms with Crippen molar-refractivity contribution in [3.63, 3.8) is 0 Å². The Labute approximate surface area is 158 Å². The average molecular weight is 365 g/mol. The zero-order valence-electron chi connectivity index (χ0n) is 15.3. The number of carbonyl (C=O) groups excluding carboxylic acids is 1. The third kappa shape index (κ3) is 2.89. The lowest BCUT2D eigenvalue weighted by molar-refractivity contribution is -0.134. The Hall–Kier alpha value is -2.76. The number of nitrogens with zero attached hydrogens (tertiary/aromatic N) is 3.